The molecule has 1 saturated heterocycles. The minimum atomic E-state index is -3.81. The van der Waals surface area contributed by atoms with Gasteiger partial charge in [-0.05, 0) is 37.6 Å². The van der Waals surface area contributed by atoms with Crippen LogP contribution in [0, 0.1) is 0 Å². The maximum absolute atomic E-state index is 12.3. The van der Waals surface area contributed by atoms with Crippen LogP contribution in [0.1, 0.15) is 20.3 Å². The number of carbonyl (C=O) groups is 1. The Balaban J connectivity index is 2.37. The number of halogens is 1. The lowest BCUT2D eigenvalue weighted by atomic mass is 10.3. The Morgan fingerprint density at radius 3 is 2.43 bits per heavy atom. The zero-order valence-electron chi connectivity index (χ0n) is 11.6. The van der Waals surface area contributed by atoms with E-state index in [4.69, 9.17) is 0 Å². The summed E-state index contributed by atoms with van der Waals surface area (Å²) in [4.78, 5) is 13.6. The highest BCUT2D eigenvalue weighted by molar-refractivity contribution is 9.10. The number of hydrogen-bond donors (Lipinski definition) is 0. The molecule has 0 unspecified atom stereocenters. The molecule has 1 atom stereocenters. The average Bonchev–Trinajstić information content (AvgIpc) is 2.74. The van der Waals surface area contributed by atoms with Crippen molar-refractivity contribution in [1.82, 2.24) is 4.90 Å². The lowest BCUT2D eigenvalue weighted by molar-refractivity contribution is -0.126. The third kappa shape index (κ3) is 3.49. The van der Waals surface area contributed by atoms with Gasteiger partial charge in [-0.1, -0.05) is 34.6 Å². The normalized spacial score (nSPS) is 21.3. The molecule has 0 aromatic heterocycles. The molecule has 0 spiro atoms. The van der Waals surface area contributed by atoms with Crippen LogP contribution in [0.25, 0.3) is 0 Å². The quantitative estimate of drug-likeness (QED) is 0.792. The van der Waals surface area contributed by atoms with Crippen molar-refractivity contribution in [3.63, 3.8) is 0 Å². The topological polar surface area (TPSA) is 66.8 Å². The largest absolute Gasteiger partial charge is 0.290 e. The summed E-state index contributed by atoms with van der Waals surface area (Å²) < 4.78 is 29.3. The van der Waals surface area contributed by atoms with Gasteiger partial charge in [0.05, 0.1) is 10.1 Å². The second-order valence-corrected chi connectivity index (χ2v) is 8.09. The first-order chi connectivity index (χ1) is 9.89. The van der Waals surface area contributed by atoms with E-state index in [1.165, 1.54) is 28.8 Å². The van der Waals surface area contributed by atoms with Crippen molar-refractivity contribution in [3.05, 3.63) is 28.7 Å². The van der Waals surface area contributed by atoms with Crippen LogP contribution in [-0.2, 0) is 14.8 Å². The summed E-state index contributed by atoms with van der Waals surface area (Å²) in [6.45, 7) is 4.12. The van der Waals surface area contributed by atoms with Crippen LogP contribution in [0.15, 0.2) is 38.0 Å². The Hall–Kier alpha value is -0.860. The lowest BCUT2D eigenvalue weighted by Gasteiger charge is -2.12. The van der Waals surface area contributed by atoms with Gasteiger partial charge in [0, 0.05) is 11.0 Å². The molecule has 0 aliphatic carbocycles. The van der Waals surface area contributed by atoms with Crippen LogP contribution in [0.5, 0.6) is 0 Å². The third-order valence-electron chi connectivity index (χ3n) is 3.02. The highest BCUT2D eigenvalue weighted by atomic mass is 79.9. The van der Waals surface area contributed by atoms with Crippen LogP contribution in [0.4, 0.5) is 0 Å². The number of thioether (sulfide) groups is 1. The molecule has 114 valence electrons. The van der Waals surface area contributed by atoms with E-state index in [0.29, 0.717) is 13.0 Å². The van der Waals surface area contributed by atoms with E-state index in [0.717, 1.165) is 4.47 Å². The Labute approximate surface area is 137 Å². The zero-order chi connectivity index (χ0) is 15.6. The highest BCUT2D eigenvalue weighted by Crippen LogP contribution is 2.30. The molecule has 8 heteroatoms. The summed E-state index contributed by atoms with van der Waals surface area (Å²) in [6.07, 6.45) is 0.650. The summed E-state index contributed by atoms with van der Waals surface area (Å²) in [5.74, 6) is -0.0743. The SMILES string of the molecule is CC[C@@H]1SC(=NS(=O)(=O)c2ccc(Br)cc2)N(CC)C1=O. The number of benzene rings is 1. The Morgan fingerprint density at radius 2 is 1.90 bits per heavy atom. The first-order valence-electron chi connectivity index (χ1n) is 6.47. The number of rotatable bonds is 4. The molecule has 21 heavy (non-hydrogen) atoms. The molecule has 0 bridgehead atoms. The molecule has 0 saturated carbocycles. The van der Waals surface area contributed by atoms with Crippen molar-refractivity contribution in [2.45, 2.75) is 30.4 Å². The lowest BCUT2D eigenvalue weighted by Crippen LogP contribution is -2.32. The molecule has 1 aliphatic rings. The van der Waals surface area contributed by atoms with Crippen molar-refractivity contribution >= 4 is 48.8 Å². The van der Waals surface area contributed by atoms with Crippen LogP contribution in [0.3, 0.4) is 0 Å². The van der Waals surface area contributed by atoms with E-state index in [-0.39, 0.29) is 21.2 Å². The molecule has 1 heterocycles. The van der Waals surface area contributed by atoms with E-state index >= 15 is 0 Å². The molecule has 1 amide bonds. The summed E-state index contributed by atoms with van der Waals surface area (Å²) in [6, 6.07) is 6.26. The van der Waals surface area contributed by atoms with Crippen molar-refractivity contribution in [2.24, 2.45) is 4.40 Å². The van der Waals surface area contributed by atoms with Crippen LogP contribution >= 0.6 is 27.7 Å². The molecule has 1 fully saturated rings. The monoisotopic (exact) mass is 390 g/mol. The predicted octanol–water partition coefficient (Wildman–Crippen LogP) is 2.87. The van der Waals surface area contributed by atoms with Gasteiger partial charge in [-0.3, -0.25) is 9.69 Å². The van der Waals surface area contributed by atoms with Gasteiger partial charge >= 0.3 is 0 Å². The number of amides is 1. The van der Waals surface area contributed by atoms with Crippen molar-refractivity contribution < 1.29 is 13.2 Å². The Kier molecular flexibility index (Phi) is 5.11. The number of hydrogen-bond acceptors (Lipinski definition) is 4. The second kappa shape index (κ2) is 6.50. The summed E-state index contributed by atoms with van der Waals surface area (Å²) in [5.41, 5.74) is 0. The zero-order valence-corrected chi connectivity index (χ0v) is 14.8. The predicted molar refractivity (Wildman–Crippen MR) is 87.8 cm³/mol. The van der Waals surface area contributed by atoms with Gasteiger partial charge in [-0.2, -0.15) is 8.42 Å². The van der Waals surface area contributed by atoms with E-state index in [1.807, 2.05) is 6.92 Å². The fourth-order valence-electron chi connectivity index (χ4n) is 1.89. The molecule has 2 rings (SSSR count). The molecule has 1 aliphatic heterocycles. The maximum atomic E-state index is 12.3. The highest BCUT2D eigenvalue weighted by Gasteiger charge is 2.37. The van der Waals surface area contributed by atoms with Gasteiger partial charge in [0.1, 0.15) is 0 Å². The smallest absolute Gasteiger partial charge is 0.284 e. The first-order valence-corrected chi connectivity index (χ1v) is 9.59. The molecular formula is C13H15BrN2O3S2. The second-order valence-electron chi connectivity index (χ2n) is 4.40. The molecule has 0 N–H and O–H groups in total. The van der Waals surface area contributed by atoms with E-state index in [2.05, 4.69) is 20.3 Å². The number of nitrogens with zero attached hydrogens (tertiary/aromatic N) is 2. The van der Waals surface area contributed by atoms with Crippen molar-refractivity contribution in [2.75, 3.05) is 6.54 Å². The number of amidine groups is 1. The van der Waals surface area contributed by atoms with Crippen molar-refractivity contribution in [3.8, 4) is 0 Å². The first kappa shape index (κ1) is 16.5. The summed E-state index contributed by atoms with van der Waals surface area (Å²) >= 11 is 4.47. The number of sulfonamides is 1. The fourth-order valence-corrected chi connectivity index (χ4v) is 4.51. The van der Waals surface area contributed by atoms with Crippen LogP contribution < -0.4 is 0 Å². The third-order valence-corrected chi connectivity index (χ3v) is 6.28. The van der Waals surface area contributed by atoms with E-state index in [1.54, 1.807) is 19.1 Å². The molecule has 5 nitrogen and oxygen atoms in total. The van der Waals surface area contributed by atoms with Gasteiger partial charge in [0.15, 0.2) is 5.17 Å². The van der Waals surface area contributed by atoms with Crippen LogP contribution in [0.2, 0.25) is 0 Å². The fraction of sp³-hybridized carbons (Fsp3) is 0.385. The van der Waals surface area contributed by atoms with Gasteiger partial charge in [-0.15, -0.1) is 4.40 Å². The number of carbonyl (C=O) groups excluding carboxylic acids is 1. The molecule has 1 aromatic rings. The minimum Gasteiger partial charge on any atom is -0.290 e. The standard InChI is InChI=1S/C13H15BrN2O3S2/c1-3-11-12(17)16(4-2)13(20-11)15-21(18,19)10-7-5-9(14)6-8-10/h5-8,11H,3-4H2,1-2H3/t11-/m0/s1. The average molecular weight is 391 g/mol. The van der Waals surface area contributed by atoms with Gasteiger partial charge < -0.3 is 0 Å². The van der Waals surface area contributed by atoms with Gasteiger partial charge in [-0.25, -0.2) is 0 Å². The molecule has 1 aromatic carbocycles. The Morgan fingerprint density at radius 1 is 1.29 bits per heavy atom. The molecular weight excluding hydrogens is 376 g/mol. The van der Waals surface area contributed by atoms with Gasteiger partial charge in [0.25, 0.3) is 10.0 Å². The van der Waals surface area contributed by atoms with Crippen LogP contribution in [-0.4, -0.2) is 36.2 Å². The minimum absolute atomic E-state index is 0.0743. The summed E-state index contributed by atoms with van der Waals surface area (Å²) in [5, 5.41) is 0.0149. The Bertz CT molecular complexity index is 671. The van der Waals surface area contributed by atoms with Gasteiger partial charge in [0.2, 0.25) is 5.91 Å². The molecule has 0 radical (unpaired) electrons. The summed E-state index contributed by atoms with van der Waals surface area (Å²) in [7, 11) is -3.81. The maximum Gasteiger partial charge on any atom is 0.284 e. The van der Waals surface area contributed by atoms with Crippen molar-refractivity contribution in [1.29, 1.82) is 0 Å². The van der Waals surface area contributed by atoms with E-state index in [9.17, 15) is 13.2 Å². The van der Waals surface area contributed by atoms with E-state index < -0.39 is 10.0 Å².